The quantitative estimate of drug-likeness (QED) is 0.325. The van der Waals surface area contributed by atoms with Crippen LogP contribution >= 0.6 is 23.4 Å². The highest BCUT2D eigenvalue weighted by atomic mass is 35.5. The Morgan fingerprint density at radius 1 is 1.06 bits per heavy atom. The van der Waals surface area contributed by atoms with Gasteiger partial charge in [0, 0.05) is 16.2 Å². The molecule has 4 aromatic rings. The third-order valence-corrected chi connectivity index (χ3v) is 6.97. The summed E-state index contributed by atoms with van der Waals surface area (Å²) in [6, 6.07) is 19.5. The number of ether oxygens (including phenoxy) is 2. The van der Waals surface area contributed by atoms with E-state index < -0.39 is 6.10 Å². The van der Waals surface area contributed by atoms with E-state index in [1.54, 1.807) is 25.3 Å². The fourth-order valence-corrected chi connectivity index (χ4v) is 5.11. The zero-order chi connectivity index (χ0) is 24.1. The summed E-state index contributed by atoms with van der Waals surface area (Å²) in [5.74, 6) is 1.76. The second kappa shape index (κ2) is 8.62. The van der Waals surface area contributed by atoms with Gasteiger partial charge in [-0.05, 0) is 59.8 Å². The van der Waals surface area contributed by atoms with Crippen LogP contribution in [0, 0.1) is 5.82 Å². The van der Waals surface area contributed by atoms with Crippen molar-refractivity contribution in [2.24, 2.45) is 0 Å². The molecular formula is C26H20ClFN4O2S. The van der Waals surface area contributed by atoms with Crippen LogP contribution < -0.4 is 14.8 Å². The molecule has 3 heterocycles. The number of thioether (sulfide) groups is 1. The molecule has 6 rings (SSSR count). The molecule has 0 unspecified atom stereocenters. The Bertz CT molecular complexity index is 1450. The molecule has 2 aliphatic heterocycles. The number of anilines is 1. The molecule has 1 N–H and O–H groups in total. The van der Waals surface area contributed by atoms with Crippen molar-refractivity contribution in [2.45, 2.75) is 17.3 Å². The zero-order valence-electron chi connectivity index (χ0n) is 18.8. The first kappa shape index (κ1) is 22.0. The van der Waals surface area contributed by atoms with Crippen LogP contribution in [0.4, 0.5) is 10.3 Å². The molecule has 1 aromatic heterocycles. The molecule has 176 valence electrons. The standard InChI is InChI=1S/C26H20ClFN4O2S/c1-33-18-10-5-14(6-11-18)23-21-22(29-25-30-26(35-2)31-32(23)25)19-13-16(27)7-12-20(19)34-24(21)15-3-8-17(28)9-4-15/h3-13,23-24H,1-2H3,(H,29,30,31)/t23-,24+/m1/s1. The number of benzene rings is 3. The Balaban J connectivity index is 1.62. The summed E-state index contributed by atoms with van der Waals surface area (Å²) in [7, 11) is 1.64. The van der Waals surface area contributed by atoms with E-state index in [4.69, 9.17) is 31.2 Å². The van der Waals surface area contributed by atoms with E-state index in [1.165, 1.54) is 23.9 Å². The van der Waals surface area contributed by atoms with Gasteiger partial charge in [-0.1, -0.05) is 47.6 Å². The van der Waals surface area contributed by atoms with Crippen molar-refractivity contribution < 1.29 is 13.9 Å². The SMILES string of the molecule is COc1ccc([C@@H]2C3=C(Nc4nc(SC)nn42)c2cc(Cl)ccc2O[C@H]3c2ccc(F)cc2)cc1. The molecule has 0 saturated heterocycles. The molecule has 0 bridgehead atoms. The first-order valence-corrected chi connectivity index (χ1v) is 12.5. The van der Waals surface area contributed by atoms with Gasteiger partial charge in [0.2, 0.25) is 11.1 Å². The minimum absolute atomic E-state index is 0.303. The van der Waals surface area contributed by atoms with Crippen molar-refractivity contribution in [3.63, 3.8) is 0 Å². The van der Waals surface area contributed by atoms with Gasteiger partial charge in [0.1, 0.15) is 29.5 Å². The normalized spacial score (nSPS) is 18.2. The van der Waals surface area contributed by atoms with Gasteiger partial charge in [-0.3, -0.25) is 0 Å². The fraction of sp³-hybridized carbons (Fsp3) is 0.154. The Kier molecular flexibility index (Phi) is 5.42. The summed E-state index contributed by atoms with van der Waals surface area (Å²) in [5, 5.41) is 9.51. The first-order chi connectivity index (χ1) is 17.1. The van der Waals surface area contributed by atoms with Gasteiger partial charge in [0.15, 0.2) is 0 Å². The number of rotatable bonds is 4. The summed E-state index contributed by atoms with van der Waals surface area (Å²) >= 11 is 7.86. The number of methoxy groups -OCH3 is 1. The Labute approximate surface area is 210 Å². The molecule has 3 aromatic carbocycles. The van der Waals surface area contributed by atoms with E-state index in [0.717, 1.165) is 33.7 Å². The van der Waals surface area contributed by atoms with Crippen LogP contribution in [-0.2, 0) is 0 Å². The smallest absolute Gasteiger partial charge is 0.227 e. The van der Waals surface area contributed by atoms with Crippen LogP contribution in [0.5, 0.6) is 11.5 Å². The van der Waals surface area contributed by atoms with Gasteiger partial charge in [0.25, 0.3) is 0 Å². The molecule has 2 aliphatic rings. The second-order valence-corrected chi connectivity index (χ2v) is 9.40. The number of nitrogens with zero attached hydrogens (tertiary/aromatic N) is 3. The van der Waals surface area contributed by atoms with Gasteiger partial charge in [-0.15, -0.1) is 5.10 Å². The average molecular weight is 507 g/mol. The Hall–Kier alpha value is -3.49. The summed E-state index contributed by atoms with van der Waals surface area (Å²) in [6.07, 6.45) is 1.45. The summed E-state index contributed by atoms with van der Waals surface area (Å²) < 4.78 is 27.6. The summed E-state index contributed by atoms with van der Waals surface area (Å²) in [5.41, 5.74) is 4.44. The van der Waals surface area contributed by atoms with Crippen molar-refractivity contribution in [3.8, 4) is 11.5 Å². The second-order valence-electron chi connectivity index (χ2n) is 8.19. The van der Waals surface area contributed by atoms with E-state index in [1.807, 2.05) is 47.3 Å². The maximum atomic E-state index is 13.8. The van der Waals surface area contributed by atoms with Crippen molar-refractivity contribution >= 4 is 35.0 Å². The number of aromatic nitrogens is 3. The highest BCUT2D eigenvalue weighted by molar-refractivity contribution is 7.98. The molecule has 9 heteroatoms. The predicted molar refractivity (Wildman–Crippen MR) is 135 cm³/mol. The number of hydrogen-bond donors (Lipinski definition) is 1. The number of hydrogen-bond acceptors (Lipinski definition) is 6. The van der Waals surface area contributed by atoms with Crippen molar-refractivity contribution in [2.75, 3.05) is 18.7 Å². The first-order valence-electron chi connectivity index (χ1n) is 10.9. The average Bonchev–Trinajstić information content (AvgIpc) is 3.31. The lowest BCUT2D eigenvalue weighted by atomic mass is 9.84. The van der Waals surface area contributed by atoms with Crippen LogP contribution in [0.2, 0.25) is 5.02 Å². The van der Waals surface area contributed by atoms with Crippen molar-refractivity contribution in [1.82, 2.24) is 14.8 Å². The van der Waals surface area contributed by atoms with Crippen molar-refractivity contribution in [3.05, 3.63) is 99.8 Å². The van der Waals surface area contributed by atoms with Crippen LogP contribution in [0.3, 0.4) is 0 Å². The topological polar surface area (TPSA) is 61.2 Å². The van der Waals surface area contributed by atoms with Gasteiger partial charge < -0.3 is 14.8 Å². The lowest BCUT2D eigenvalue weighted by molar-refractivity contribution is 0.222. The highest BCUT2D eigenvalue weighted by Crippen LogP contribution is 2.51. The highest BCUT2D eigenvalue weighted by Gasteiger charge is 2.41. The number of halogens is 2. The van der Waals surface area contributed by atoms with Gasteiger partial charge in [-0.2, -0.15) is 4.98 Å². The molecule has 0 radical (unpaired) electrons. The van der Waals surface area contributed by atoms with Crippen LogP contribution in [0.25, 0.3) is 5.70 Å². The van der Waals surface area contributed by atoms with Gasteiger partial charge in [0.05, 0.1) is 12.8 Å². The number of nitrogens with one attached hydrogen (secondary N) is 1. The lowest BCUT2D eigenvalue weighted by Gasteiger charge is -2.39. The van der Waals surface area contributed by atoms with Crippen LogP contribution in [-0.4, -0.2) is 28.1 Å². The molecule has 6 nitrogen and oxygen atoms in total. The summed E-state index contributed by atoms with van der Waals surface area (Å²) in [6.45, 7) is 0. The molecular weight excluding hydrogens is 487 g/mol. The monoisotopic (exact) mass is 506 g/mol. The van der Waals surface area contributed by atoms with Gasteiger partial charge in [-0.25, -0.2) is 9.07 Å². The zero-order valence-corrected chi connectivity index (χ0v) is 20.4. The third-order valence-electron chi connectivity index (χ3n) is 6.20. The van der Waals surface area contributed by atoms with E-state index in [0.29, 0.717) is 21.9 Å². The fourth-order valence-electron chi connectivity index (χ4n) is 4.59. The van der Waals surface area contributed by atoms with Crippen molar-refractivity contribution in [1.29, 1.82) is 0 Å². The molecule has 35 heavy (non-hydrogen) atoms. The molecule has 0 fully saturated rings. The lowest BCUT2D eigenvalue weighted by Crippen LogP contribution is -2.32. The Morgan fingerprint density at radius 3 is 2.51 bits per heavy atom. The third kappa shape index (κ3) is 3.73. The molecule has 0 amide bonds. The van der Waals surface area contributed by atoms with Crippen LogP contribution in [0.15, 0.2) is 77.5 Å². The maximum absolute atomic E-state index is 13.8. The Morgan fingerprint density at radius 2 is 1.80 bits per heavy atom. The molecule has 2 atom stereocenters. The largest absolute Gasteiger partial charge is 0.497 e. The summed E-state index contributed by atoms with van der Waals surface area (Å²) in [4.78, 5) is 4.70. The van der Waals surface area contributed by atoms with E-state index in [2.05, 4.69) is 5.32 Å². The predicted octanol–water partition coefficient (Wildman–Crippen LogP) is 6.36. The van der Waals surface area contributed by atoms with Gasteiger partial charge >= 0.3 is 0 Å². The maximum Gasteiger partial charge on any atom is 0.227 e. The van der Waals surface area contributed by atoms with E-state index in [-0.39, 0.29) is 11.9 Å². The van der Waals surface area contributed by atoms with E-state index >= 15 is 0 Å². The molecule has 0 spiro atoms. The number of fused-ring (bicyclic) bond motifs is 3. The minimum Gasteiger partial charge on any atom is -0.497 e. The molecule has 0 saturated carbocycles. The van der Waals surface area contributed by atoms with Crippen LogP contribution in [0.1, 0.15) is 28.8 Å². The minimum atomic E-state index is -0.492. The van der Waals surface area contributed by atoms with E-state index in [9.17, 15) is 4.39 Å². The molecule has 0 aliphatic carbocycles.